The molecule has 3 aromatic heterocycles. The third-order valence-electron chi connectivity index (χ3n) is 8.51. The second-order valence-electron chi connectivity index (χ2n) is 11.3. The molecule has 1 saturated heterocycles. The summed E-state index contributed by atoms with van der Waals surface area (Å²) in [6.45, 7) is 8.34. The predicted molar refractivity (Wildman–Crippen MR) is 142 cm³/mol. The van der Waals surface area contributed by atoms with E-state index in [9.17, 15) is 0 Å². The highest BCUT2D eigenvalue weighted by molar-refractivity contribution is 6.33. The van der Waals surface area contributed by atoms with Crippen LogP contribution in [0, 0.1) is 11.2 Å². The van der Waals surface area contributed by atoms with E-state index in [4.69, 9.17) is 26.8 Å². The van der Waals surface area contributed by atoms with E-state index in [2.05, 4.69) is 33.4 Å². The maximum Gasteiger partial charge on any atom is 0.164 e. The maximum atomic E-state index is 15.3. The van der Waals surface area contributed by atoms with Crippen LogP contribution in [0.15, 0.2) is 42.9 Å². The summed E-state index contributed by atoms with van der Waals surface area (Å²) in [7, 11) is 0. The van der Waals surface area contributed by atoms with Crippen LogP contribution in [0.25, 0.3) is 21.9 Å². The van der Waals surface area contributed by atoms with E-state index in [1.807, 2.05) is 38.2 Å². The number of hydrogen-bond donors (Lipinski definition) is 1. The molecular weight excluding hydrogens is 493 g/mol. The molecule has 1 saturated carbocycles. The van der Waals surface area contributed by atoms with Gasteiger partial charge in [0.2, 0.25) is 0 Å². The molecule has 9 heteroatoms. The van der Waals surface area contributed by atoms with Crippen LogP contribution in [0.3, 0.4) is 0 Å². The Labute approximate surface area is 220 Å². The summed E-state index contributed by atoms with van der Waals surface area (Å²) >= 11 is 6.34. The Kier molecular flexibility index (Phi) is 5.53. The number of benzene rings is 1. The van der Waals surface area contributed by atoms with Crippen LogP contribution in [-0.2, 0) is 15.9 Å². The normalized spacial score (nSPS) is 28.8. The van der Waals surface area contributed by atoms with Crippen LogP contribution in [-0.4, -0.2) is 37.0 Å². The molecule has 1 aliphatic carbocycles. The summed E-state index contributed by atoms with van der Waals surface area (Å²) in [4.78, 5) is 12.9. The van der Waals surface area contributed by atoms with Gasteiger partial charge >= 0.3 is 0 Å². The highest BCUT2D eigenvalue weighted by Gasteiger charge is 2.67. The Morgan fingerprint density at radius 1 is 1.14 bits per heavy atom. The van der Waals surface area contributed by atoms with Crippen molar-refractivity contribution in [2.75, 3.05) is 5.73 Å². The Morgan fingerprint density at radius 2 is 1.92 bits per heavy atom. The van der Waals surface area contributed by atoms with E-state index in [0.717, 1.165) is 35.7 Å². The van der Waals surface area contributed by atoms with E-state index in [-0.39, 0.29) is 23.4 Å². The number of nitrogens with two attached hydrogens (primary N) is 1. The number of fused-ring (bicyclic) bond motifs is 3. The number of hydrogen-bond acceptors (Lipinski definition) is 6. The number of nitrogen functional groups attached to an aromatic ring is 1. The van der Waals surface area contributed by atoms with Crippen molar-refractivity contribution >= 4 is 39.4 Å². The van der Waals surface area contributed by atoms with Crippen molar-refractivity contribution in [1.82, 2.24) is 19.5 Å². The van der Waals surface area contributed by atoms with Gasteiger partial charge in [0.15, 0.2) is 11.6 Å². The number of halogens is 2. The molecule has 0 unspecified atom stereocenters. The average molecular weight is 524 g/mol. The molecule has 2 N–H and O–H groups in total. The molecular formula is C28H31ClFN5O2. The molecule has 194 valence electrons. The SMILES string of the molecule is CC1(C)O[C@H]2[C@H](n3ccc4c(Cl)ncnc43)C[C@](C)(CCCc3ccc4ccc(N)nc4c3F)[C@]2(C)O1. The minimum atomic E-state index is -0.717. The molecule has 0 bridgehead atoms. The smallest absolute Gasteiger partial charge is 0.164 e. The van der Waals surface area contributed by atoms with E-state index < -0.39 is 11.4 Å². The number of pyridine rings is 1. The van der Waals surface area contributed by atoms with Gasteiger partial charge < -0.3 is 19.8 Å². The van der Waals surface area contributed by atoms with Gasteiger partial charge in [0, 0.05) is 17.0 Å². The molecule has 0 amide bonds. The van der Waals surface area contributed by atoms with Crippen molar-refractivity contribution in [2.24, 2.45) is 5.41 Å². The van der Waals surface area contributed by atoms with Crippen LogP contribution >= 0.6 is 11.6 Å². The minimum Gasteiger partial charge on any atom is -0.384 e. The zero-order chi connectivity index (χ0) is 26.2. The average Bonchev–Trinajstić information content (AvgIpc) is 3.44. The van der Waals surface area contributed by atoms with Crippen molar-refractivity contribution in [3.8, 4) is 0 Å². The summed E-state index contributed by atoms with van der Waals surface area (Å²) in [5.74, 6) is -0.692. The first-order valence-electron chi connectivity index (χ1n) is 12.7. The number of aryl methyl sites for hydroxylation is 1. The van der Waals surface area contributed by atoms with E-state index in [1.165, 1.54) is 6.33 Å². The summed E-state index contributed by atoms with van der Waals surface area (Å²) < 4.78 is 30.6. The third kappa shape index (κ3) is 3.80. The van der Waals surface area contributed by atoms with Crippen molar-refractivity contribution in [1.29, 1.82) is 0 Å². The summed E-state index contributed by atoms with van der Waals surface area (Å²) in [6.07, 6.45) is 6.38. The lowest BCUT2D eigenvalue weighted by Crippen LogP contribution is -2.46. The molecule has 0 radical (unpaired) electrons. The Bertz CT molecular complexity index is 1520. The topological polar surface area (TPSA) is 88.1 Å². The quantitative estimate of drug-likeness (QED) is 0.311. The Hall–Kier alpha value is -2.81. The van der Waals surface area contributed by atoms with Crippen molar-refractivity contribution < 1.29 is 13.9 Å². The van der Waals surface area contributed by atoms with Gasteiger partial charge in [-0.05, 0) is 70.2 Å². The fourth-order valence-electron chi connectivity index (χ4n) is 6.57. The number of anilines is 1. The monoisotopic (exact) mass is 523 g/mol. The van der Waals surface area contributed by atoms with Crippen LogP contribution in [0.4, 0.5) is 10.2 Å². The molecule has 2 fully saturated rings. The lowest BCUT2D eigenvalue weighted by atomic mass is 9.72. The van der Waals surface area contributed by atoms with Crippen LogP contribution in [0.5, 0.6) is 0 Å². The molecule has 1 aliphatic heterocycles. The van der Waals surface area contributed by atoms with Gasteiger partial charge in [0.25, 0.3) is 0 Å². The molecule has 4 aromatic rings. The van der Waals surface area contributed by atoms with Crippen molar-refractivity contribution in [2.45, 2.75) is 76.9 Å². The van der Waals surface area contributed by atoms with E-state index >= 15 is 4.39 Å². The van der Waals surface area contributed by atoms with E-state index in [0.29, 0.717) is 28.5 Å². The highest BCUT2D eigenvalue weighted by Crippen LogP contribution is 2.62. The van der Waals surface area contributed by atoms with Crippen LogP contribution < -0.4 is 5.73 Å². The lowest BCUT2D eigenvalue weighted by molar-refractivity contribution is -0.190. The standard InChI is InChI=1S/C28H31ClFN5O2/c1-26(2)36-23-19(35-13-11-18-24(29)32-15-33-25(18)35)14-27(3,28(23,4)37-26)12-5-6-16-7-8-17-9-10-20(31)34-22(17)21(16)30/h7-11,13,15,19,23H,5-6,12,14H2,1-4H3,(H2,31,34)/t19-,23+,27+,28-/m1/s1. The second-order valence-corrected chi connectivity index (χ2v) is 11.7. The number of aromatic nitrogens is 4. The van der Waals surface area contributed by atoms with Gasteiger partial charge in [-0.3, -0.25) is 0 Å². The summed E-state index contributed by atoms with van der Waals surface area (Å²) in [5.41, 5.74) is 6.81. The largest absolute Gasteiger partial charge is 0.384 e. The summed E-state index contributed by atoms with van der Waals surface area (Å²) in [6, 6.07) is 9.21. The van der Waals surface area contributed by atoms with E-state index in [1.54, 1.807) is 12.1 Å². The van der Waals surface area contributed by atoms with Gasteiger partial charge in [-0.2, -0.15) is 0 Å². The number of nitrogens with zero attached hydrogens (tertiary/aromatic N) is 4. The number of rotatable bonds is 5. The van der Waals surface area contributed by atoms with Gasteiger partial charge in [-0.15, -0.1) is 0 Å². The summed E-state index contributed by atoms with van der Waals surface area (Å²) in [5, 5.41) is 2.00. The molecule has 7 nitrogen and oxygen atoms in total. The fourth-order valence-corrected chi connectivity index (χ4v) is 6.76. The molecule has 6 rings (SSSR count). The Balaban J connectivity index is 1.29. The molecule has 0 spiro atoms. The molecule has 4 heterocycles. The number of ether oxygens (including phenoxy) is 2. The maximum absolute atomic E-state index is 15.3. The van der Waals surface area contributed by atoms with Crippen LogP contribution in [0.1, 0.15) is 58.6 Å². The molecule has 4 atom stereocenters. The lowest BCUT2D eigenvalue weighted by Gasteiger charge is -2.40. The highest BCUT2D eigenvalue weighted by atomic mass is 35.5. The van der Waals surface area contributed by atoms with Crippen molar-refractivity contribution in [3.63, 3.8) is 0 Å². The fraction of sp³-hybridized carbons (Fsp3) is 0.464. The first-order valence-corrected chi connectivity index (χ1v) is 13.1. The van der Waals surface area contributed by atoms with Gasteiger partial charge in [-0.25, -0.2) is 19.3 Å². The van der Waals surface area contributed by atoms with Gasteiger partial charge in [0.1, 0.15) is 40.2 Å². The van der Waals surface area contributed by atoms with Crippen molar-refractivity contribution in [3.05, 3.63) is 59.4 Å². The van der Waals surface area contributed by atoms with Gasteiger partial charge in [-0.1, -0.05) is 30.7 Å². The minimum absolute atomic E-state index is 0.00446. The Morgan fingerprint density at radius 3 is 2.73 bits per heavy atom. The molecule has 37 heavy (non-hydrogen) atoms. The van der Waals surface area contributed by atoms with Crippen LogP contribution in [0.2, 0.25) is 5.15 Å². The zero-order valence-corrected chi connectivity index (χ0v) is 22.2. The molecule has 2 aliphatic rings. The molecule has 1 aromatic carbocycles. The second kappa shape index (κ2) is 8.35. The first-order chi connectivity index (χ1) is 17.5. The van der Waals surface area contributed by atoms with Gasteiger partial charge in [0.05, 0.1) is 11.4 Å². The zero-order valence-electron chi connectivity index (χ0n) is 21.5. The first kappa shape index (κ1) is 24.5. The third-order valence-corrected chi connectivity index (χ3v) is 8.81. The predicted octanol–water partition coefficient (Wildman–Crippen LogP) is 6.24.